The second-order valence-corrected chi connectivity index (χ2v) is 6.12. The van der Waals surface area contributed by atoms with Gasteiger partial charge in [-0.05, 0) is 13.0 Å². The van der Waals surface area contributed by atoms with Crippen LogP contribution >= 0.6 is 11.3 Å². The molecule has 22 heavy (non-hydrogen) atoms. The number of anilines is 1. The molecule has 3 rings (SSSR count). The molecule has 0 unspecified atom stereocenters. The van der Waals surface area contributed by atoms with E-state index in [2.05, 4.69) is 24.0 Å². The van der Waals surface area contributed by atoms with Crippen molar-refractivity contribution in [2.75, 3.05) is 12.3 Å². The normalized spacial score (nSPS) is 10.6. The van der Waals surface area contributed by atoms with E-state index in [0.29, 0.717) is 18.2 Å². The first-order chi connectivity index (χ1) is 10.7. The van der Waals surface area contributed by atoms with Crippen LogP contribution in [0.4, 0.5) is 5.69 Å². The van der Waals surface area contributed by atoms with Gasteiger partial charge < -0.3 is 10.5 Å². The summed E-state index contributed by atoms with van der Waals surface area (Å²) in [6.45, 7) is 2.65. The van der Waals surface area contributed by atoms with Crippen molar-refractivity contribution >= 4 is 17.0 Å². The second kappa shape index (κ2) is 6.58. The molecule has 0 spiro atoms. The van der Waals surface area contributed by atoms with Crippen LogP contribution in [-0.4, -0.2) is 16.6 Å². The van der Waals surface area contributed by atoms with Crippen molar-refractivity contribution in [2.45, 2.75) is 13.3 Å². The van der Waals surface area contributed by atoms with Gasteiger partial charge in [0, 0.05) is 22.9 Å². The lowest BCUT2D eigenvalue weighted by Crippen LogP contribution is -2.04. The Hall–Kier alpha value is -2.40. The van der Waals surface area contributed by atoms with Gasteiger partial charge in [0.15, 0.2) is 0 Å². The van der Waals surface area contributed by atoms with Crippen molar-refractivity contribution in [3.05, 3.63) is 59.2 Å². The molecule has 0 radical (unpaired) electrons. The van der Waals surface area contributed by atoms with E-state index in [0.717, 1.165) is 22.7 Å². The highest BCUT2D eigenvalue weighted by Gasteiger charge is 2.09. The number of hydrogen-bond donors (Lipinski definition) is 1. The van der Waals surface area contributed by atoms with E-state index >= 15 is 0 Å². The molecule has 0 aliphatic heterocycles. The molecule has 2 N–H and O–H groups in total. The molecule has 5 heteroatoms. The first-order valence-corrected chi connectivity index (χ1v) is 7.90. The van der Waals surface area contributed by atoms with Gasteiger partial charge in [-0.15, -0.1) is 11.3 Å². The van der Waals surface area contributed by atoms with Crippen LogP contribution in [0.1, 0.15) is 10.6 Å². The number of nitrogens with two attached hydrogens (primary N) is 1. The van der Waals surface area contributed by atoms with Gasteiger partial charge in [-0.3, -0.25) is 0 Å². The van der Waals surface area contributed by atoms with Crippen LogP contribution in [0.15, 0.2) is 48.7 Å². The van der Waals surface area contributed by atoms with Gasteiger partial charge >= 0.3 is 0 Å². The Balaban J connectivity index is 1.63. The molecule has 0 bridgehead atoms. The third kappa shape index (κ3) is 3.43. The predicted molar refractivity (Wildman–Crippen MR) is 90.1 cm³/mol. The van der Waals surface area contributed by atoms with E-state index < -0.39 is 0 Å². The van der Waals surface area contributed by atoms with Gasteiger partial charge in [0.25, 0.3) is 0 Å². The molecule has 0 amide bonds. The fourth-order valence-electron chi connectivity index (χ4n) is 2.09. The Morgan fingerprint density at radius 2 is 1.95 bits per heavy atom. The highest BCUT2D eigenvalue weighted by Crippen LogP contribution is 2.27. The van der Waals surface area contributed by atoms with Crippen molar-refractivity contribution in [3.8, 4) is 16.5 Å². The number of aromatic nitrogens is 2. The van der Waals surface area contributed by atoms with E-state index in [1.165, 1.54) is 4.88 Å². The van der Waals surface area contributed by atoms with Crippen molar-refractivity contribution in [2.24, 2.45) is 0 Å². The zero-order chi connectivity index (χ0) is 15.4. The molecule has 2 heterocycles. The van der Waals surface area contributed by atoms with Gasteiger partial charge in [0.1, 0.15) is 5.01 Å². The molecule has 0 aliphatic carbocycles. The number of pyridine rings is 1. The monoisotopic (exact) mass is 311 g/mol. The van der Waals surface area contributed by atoms with E-state index in [1.54, 1.807) is 29.7 Å². The predicted octanol–water partition coefficient (Wildman–Crippen LogP) is 3.72. The molecule has 112 valence electrons. The summed E-state index contributed by atoms with van der Waals surface area (Å²) in [5, 5.41) is 1.05. The summed E-state index contributed by atoms with van der Waals surface area (Å²) >= 11 is 1.72. The molecule has 0 atom stereocenters. The lowest BCUT2D eigenvalue weighted by Gasteiger charge is -2.04. The number of nitrogen functional groups attached to an aromatic ring is 1. The summed E-state index contributed by atoms with van der Waals surface area (Å²) in [7, 11) is 0. The van der Waals surface area contributed by atoms with Crippen LogP contribution in [-0.2, 0) is 6.42 Å². The number of thiazole rings is 1. The van der Waals surface area contributed by atoms with E-state index in [1.807, 2.05) is 18.2 Å². The summed E-state index contributed by atoms with van der Waals surface area (Å²) in [5.41, 5.74) is 8.47. The Labute approximate surface area is 133 Å². The molecular weight excluding hydrogens is 294 g/mol. The highest BCUT2D eigenvalue weighted by molar-refractivity contribution is 7.15. The smallest absolute Gasteiger partial charge is 0.213 e. The number of nitrogens with zero attached hydrogens (tertiary/aromatic N) is 2. The maximum absolute atomic E-state index is 5.63. The zero-order valence-electron chi connectivity index (χ0n) is 12.3. The largest absolute Gasteiger partial charge is 0.477 e. The number of hydrogen-bond acceptors (Lipinski definition) is 5. The number of ether oxygens (including phenoxy) is 1. The van der Waals surface area contributed by atoms with E-state index in [9.17, 15) is 0 Å². The molecule has 1 aromatic carbocycles. The summed E-state index contributed by atoms with van der Waals surface area (Å²) in [4.78, 5) is 10.1. The minimum atomic E-state index is 0.551. The molecule has 4 nitrogen and oxygen atoms in total. The highest BCUT2D eigenvalue weighted by atomic mass is 32.1. The molecular formula is C17H17N3OS. The standard InChI is InChI=1S/C17H17N3OS/c1-12-15(9-10-21-16-8-7-14(18)11-19-16)20-17(22-12)13-5-3-2-4-6-13/h2-8,11H,9-10,18H2,1H3. The Morgan fingerprint density at radius 1 is 1.14 bits per heavy atom. The van der Waals surface area contributed by atoms with Gasteiger partial charge in [0.05, 0.1) is 24.2 Å². The number of rotatable bonds is 5. The summed E-state index contributed by atoms with van der Waals surface area (Å²) in [6, 6.07) is 13.8. The molecule has 0 fully saturated rings. The molecule has 0 saturated carbocycles. The third-order valence-electron chi connectivity index (χ3n) is 3.26. The summed E-state index contributed by atoms with van der Waals surface area (Å²) in [6.07, 6.45) is 2.36. The van der Waals surface area contributed by atoms with Gasteiger partial charge in [-0.1, -0.05) is 30.3 Å². The fourth-order valence-corrected chi connectivity index (χ4v) is 3.06. The van der Waals surface area contributed by atoms with Crippen LogP contribution in [0.2, 0.25) is 0 Å². The maximum atomic E-state index is 5.63. The Bertz CT molecular complexity index is 738. The van der Waals surface area contributed by atoms with Gasteiger partial charge in [0.2, 0.25) is 5.88 Å². The maximum Gasteiger partial charge on any atom is 0.213 e. The molecule has 2 aromatic heterocycles. The van der Waals surface area contributed by atoms with E-state index in [-0.39, 0.29) is 0 Å². The van der Waals surface area contributed by atoms with Crippen LogP contribution in [0.5, 0.6) is 5.88 Å². The number of benzene rings is 1. The zero-order valence-corrected chi connectivity index (χ0v) is 13.1. The van der Waals surface area contributed by atoms with Crippen LogP contribution in [0.3, 0.4) is 0 Å². The van der Waals surface area contributed by atoms with Crippen molar-refractivity contribution in [1.29, 1.82) is 0 Å². The van der Waals surface area contributed by atoms with Crippen molar-refractivity contribution in [3.63, 3.8) is 0 Å². The summed E-state index contributed by atoms with van der Waals surface area (Å²) in [5.74, 6) is 0.588. The lowest BCUT2D eigenvalue weighted by atomic mass is 10.2. The average molecular weight is 311 g/mol. The van der Waals surface area contributed by atoms with Crippen molar-refractivity contribution in [1.82, 2.24) is 9.97 Å². The topological polar surface area (TPSA) is 61.0 Å². The Kier molecular flexibility index (Phi) is 4.34. The quantitative estimate of drug-likeness (QED) is 0.780. The van der Waals surface area contributed by atoms with Gasteiger partial charge in [-0.25, -0.2) is 9.97 Å². The first-order valence-electron chi connectivity index (χ1n) is 7.08. The van der Waals surface area contributed by atoms with Crippen LogP contribution in [0, 0.1) is 6.92 Å². The minimum Gasteiger partial charge on any atom is -0.477 e. The van der Waals surface area contributed by atoms with E-state index in [4.69, 9.17) is 15.5 Å². The Morgan fingerprint density at radius 3 is 2.68 bits per heavy atom. The fraction of sp³-hybridized carbons (Fsp3) is 0.176. The third-order valence-corrected chi connectivity index (χ3v) is 4.32. The SMILES string of the molecule is Cc1sc(-c2ccccc2)nc1CCOc1ccc(N)cn1. The lowest BCUT2D eigenvalue weighted by molar-refractivity contribution is 0.308. The number of aryl methyl sites for hydroxylation is 1. The van der Waals surface area contributed by atoms with Crippen LogP contribution < -0.4 is 10.5 Å². The average Bonchev–Trinajstić information content (AvgIpc) is 2.91. The summed E-state index contributed by atoms with van der Waals surface area (Å²) < 4.78 is 5.63. The second-order valence-electron chi connectivity index (χ2n) is 4.92. The van der Waals surface area contributed by atoms with Crippen LogP contribution in [0.25, 0.3) is 10.6 Å². The molecule has 0 aliphatic rings. The first kappa shape index (κ1) is 14.5. The van der Waals surface area contributed by atoms with Crippen molar-refractivity contribution < 1.29 is 4.74 Å². The minimum absolute atomic E-state index is 0.551. The van der Waals surface area contributed by atoms with Gasteiger partial charge in [-0.2, -0.15) is 0 Å². The molecule has 0 saturated heterocycles. The molecule has 3 aromatic rings.